The number of rotatable bonds is 2. The van der Waals surface area contributed by atoms with E-state index in [1.807, 2.05) is 0 Å². The number of allylic oxidation sites excluding steroid dienone is 2. The van der Waals surface area contributed by atoms with E-state index in [1.165, 1.54) is 0 Å². The van der Waals surface area contributed by atoms with Crippen LogP contribution in [0.3, 0.4) is 0 Å². The van der Waals surface area contributed by atoms with Crippen LogP contribution in [0.4, 0.5) is 0 Å². The fourth-order valence-electron chi connectivity index (χ4n) is 2.90. The Morgan fingerprint density at radius 1 is 1.50 bits per heavy atom. The minimum Gasteiger partial charge on any atom is -0.369 e. The maximum atomic E-state index is 11.1. The standard InChI is InChI=1S/C10H15NO/c1-2-8-6-3-4-7(5-6)9(8)10(11)12/h3-4,6-9H,2,5H2,1H3,(H2,11,12). The van der Waals surface area contributed by atoms with Crippen LogP contribution in [0.2, 0.25) is 0 Å². The van der Waals surface area contributed by atoms with E-state index < -0.39 is 0 Å². The molecular formula is C10H15NO. The lowest BCUT2D eigenvalue weighted by atomic mass is 9.81. The molecule has 0 aromatic rings. The van der Waals surface area contributed by atoms with E-state index >= 15 is 0 Å². The molecule has 1 fully saturated rings. The zero-order chi connectivity index (χ0) is 8.72. The van der Waals surface area contributed by atoms with Crippen molar-refractivity contribution in [3.63, 3.8) is 0 Å². The lowest BCUT2D eigenvalue weighted by Crippen LogP contribution is -2.32. The molecule has 0 spiro atoms. The van der Waals surface area contributed by atoms with Crippen LogP contribution in [-0.2, 0) is 4.79 Å². The van der Waals surface area contributed by atoms with Gasteiger partial charge in [-0.05, 0) is 24.2 Å². The van der Waals surface area contributed by atoms with Crippen molar-refractivity contribution in [1.29, 1.82) is 0 Å². The molecule has 1 saturated carbocycles. The van der Waals surface area contributed by atoms with Crippen LogP contribution in [0, 0.1) is 23.7 Å². The molecule has 2 bridgehead atoms. The maximum Gasteiger partial charge on any atom is 0.221 e. The Morgan fingerprint density at radius 2 is 2.17 bits per heavy atom. The van der Waals surface area contributed by atoms with Crippen molar-refractivity contribution >= 4 is 5.91 Å². The third-order valence-corrected chi connectivity index (χ3v) is 3.42. The molecule has 2 aliphatic rings. The van der Waals surface area contributed by atoms with Gasteiger partial charge in [0.15, 0.2) is 0 Å². The number of hydrogen-bond acceptors (Lipinski definition) is 1. The first-order valence-corrected chi connectivity index (χ1v) is 4.71. The first kappa shape index (κ1) is 7.84. The molecule has 0 saturated heterocycles. The van der Waals surface area contributed by atoms with Gasteiger partial charge in [0.2, 0.25) is 5.91 Å². The fourth-order valence-corrected chi connectivity index (χ4v) is 2.90. The van der Waals surface area contributed by atoms with E-state index in [-0.39, 0.29) is 11.8 Å². The summed E-state index contributed by atoms with van der Waals surface area (Å²) in [5, 5.41) is 0. The molecule has 66 valence electrons. The molecule has 2 aliphatic carbocycles. The summed E-state index contributed by atoms with van der Waals surface area (Å²) in [6.45, 7) is 2.15. The molecular weight excluding hydrogens is 150 g/mol. The van der Waals surface area contributed by atoms with Gasteiger partial charge >= 0.3 is 0 Å². The SMILES string of the molecule is CCC1C2C=CC(C2)C1C(N)=O. The third kappa shape index (κ3) is 0.904. The number of fused-ring (bicyclic) bond motifs is 2. The summed E-state index contributed by atoms with van der Waals surface area (Å²) in [5.41, 5.74) is 5.38. The third-order valence-electron chi connectivity index (χ3n) is 3.42. The number of primary amides is 1. The van der Waals surface area contributed by atoms with Crippen LogP contribution in [0.25, 0.3) is 0 Å². The zero-order valence-electron chi connectivity index (χ0n) is 7.36. The van der Waals surface area contributed by atoms with Gasteiger partial charge in [-0.1, -0.05) is 25.5 Å². The minimum atomic E-state index is -0.0984. The summed E-state index contributed by atoms with van der Waals surface area (Å²) < 4.78 is 0. The molecule has 2 rings (SSSR count). The van der Waals surface area contributed by atoms with Gasteiger partial charge in [-0.3, -0.25) is 4.79 Å². The molecule has 0 aliphatic heterocycles. The van der Waals surface area contributed by atoms with Gasteiger partial charge in [0, 0.05) is 5.92 Å². The fraction of sp³-hybridized carbons (Fsp3) is 0.700. The highest BCUT2D eigenvalue weighted by molar-refractivity contribution is 5.78. The summed E-state index contributed by atoms with van der Waals surface area (Å²) in [6, 6.07) is 0. The van der Waals surface area contributed by atoms with E-state index in [4.69, 9.17) is 5.73 Å². The van der Waals surface area contributed by atoms with E-state index in [1.54, 1.807) is 0 Å². The molecule has 2 nitrogen and oxygen atoms in total. The topological polar surface area (TPSA) is 43.1 Å². The highest BCUT2D eigenvalue weighted by atomic mass is 16.1. The summed E-state index contributed by atoms with van der Waals surface area (Å²) in [4.78, 5) is 11.1. The van der Waals surface area contributed by atoms with Crippen LogP contribution >= 0.6 is 0 Å². The molecule has 0 radical (unpaired) electrons. The Hall–Kier alpha value is -0.790. The first-order valence-electron chi connectivity index (χ1n) is 4.71. The van der Waals surface area contributed by atoms with Crippen LogP contribution in [0.15, 0.2) is 12.2 Å². The second-order valence-corrected chi connectivity index (χ2v) is 3.95. The van der Waals surface area contributed by atoms with Crippen molar-refractivity contribution < 1.29 is 4.79 Å². The van der Waals surface area contributed by atoms with E-state index in [9.17, 15) is 4.79 Å². The predicted octanol–water partition coefficient (Wildman–Crippen LogP) is 1.32. The quantitative estimate of drug-likeness (QED) is 0.616. The largest absolute Gasteiger partial charge is 0.369 e. The van der Waals surface area contributed by atoms with Gasteiger partial charge in [0.1, 0.15) is 0 Å². The van der Waals surface area contributed by atoms with Gasteiger partial charge in [0.25, 0.3) is 0 Å². The smallest absolute Gasteiger partial charge is 0.221 e. The van der Waals surface area contributed by atoms with Crippen molar-refractivity contribution in [2.75, 3.05) is 0 Å². The summed E-state index contributed by atoms with van der Waals surface area (Å²) in [5.74, 6) is 1.65. The Balaban J connectivity index is 2.23. The summed E-state index contributed by atoms with van der Waals surface area (Å²) in [6.07, 6.45) is 6.68. The van der Waals surface area contributed by atoms with Crippen molar-refractivity contribution in [3.8, 4) is 0 Å². The van der Waals surface area contributed by atoms with Crippen molar-refractivity contribution in [1.82, 2.24) is 0 Å². The summed E-state index contributed by atoms with van der Waals surface area (Å²) >= 11 is 0. The number of hydrogen-bond donors (Lipinski definition) is 1. The van der Waals surface area contributed by atoms with E-state index in [0.29, 0.717) is 17.8 Å². The highest BCUT2D eigenvalue weighted by Gasteiger charge is 2.45. The monoisotopic (exact) mass is 165 g/mol. The minimum absolute atomic E-state index is 0.0984. The zero-order valence-corrected chi connectivity index (χ0v) is 7.36. The average molecular weight is 165 g/mol. The first-order chi connectivity index (χ1) is 5.74. The number of carbonyl (C=O) groups excluding carboxylic acids is 1. The van der Waals surface area contributed by atoms with Crippen LogP contribution in [0.1, 0.15) is 19.8 Å². The summed E-state index contributed by atoms with van der Waals surface area (Å²) in [7, 11) is 0. The lowest BCUT2D eigenvalue weighted by molar-refractivity contribution is -0.123. The van der Waals surface area contributed by atoms with Crippen LogP contribution in [-0.4, -0.2) is 5.91 Å². The van der Waals surface area contributed by atoms with Gasteiger partial charge < -0.3 is 5.73 Å². The number of nitrogens with two attached hydrogens (primary N) is 1. The molecule has 4 atom stereocenters. The predicted molar refractivity (Wildman–Crippen MR) is 47.2 cm³/mol. The molecule has 0 aromatic heterocycles. The van der Waals surface area contributed by atoms with Crippen molar-refractivity contribution in [2.45, 2.75) is 19.8 Å². The number of carbonyl (C=O) groups is 1. The van der Waals surface area contributed by atoms with Gasteiger partial charge in [-0.2, -0.15) is 0 Å². The molecule has 2 N–H and O–H groups in total. The molecule has 12 heavy (non-hydrogen) atoms. The molecule has 0 heterocycles. The second kappa shape index (κ2) is 2.61. The Labute approximate surface area is 72.8 Å². The van der Waals surface area contributed by atoms with Crippen LogP contribution in [0.5, 0.6) is 0 Å². The van der Waals surface area contributed by atoms with Gasteiger partial charge in [-0.25, -0.2) is 0 Å². The molecule has 0 aromatic carbocycles. The second-order valence-electron chi connectivity index (χ2n) is 3.95. The lowest BCUT2D eigenvalue weighted by Gasteiger charge is -2.23. The molecule has 1 amide bonds. The molecule has 4 unspecified atom stereocenters. The Bertz CT molecular complexity index is 234. The number of amides is 1. The normalized spacial score (nSPS) is 43.8. The van der Waals surface area contributed by atoms with Crippen molar-refractivity contribution in [2.24, 2.45) is 29.4 Å². The van der Waals surface area contributed by atoms with Gasteiger partial charge in [0.05, 0.1) is 0 Å². The van der Waals surface area contributed by atoms with Gasteiger partial charge in [-0.15, -0.1) is 0 Å². The molecule has 2 heteroatoms. The Kier molecular flexibility index (Phi) is 1.71. The van der Waals surface area contributed by atoms with Crippen LogP contribution < -0.4 is 5.73 Å². The van der Waals surface area contributed by atoms with Crippen molar-refractivity contribution in [3.05, 3.63) is 12.2 Å². The maximum absolute atomic E-state index is 11.1. The average Bonchev–Trinajstić information content (AvgIpc) is 2.60. The Morgan fingerprint density at radius 3 is 2.67 bits per heavy atom. The van der Waals surface area contributed by atoms with E-state index in [2.05, 4.69) is 19.1 Å². The van der Waals surface area contributed by atoms with E-state index in [0.717, 1.165) is 12.8 Å². The highest BCUT2D eigenvalue weighted by Crippen LogP contribution is 2.48.